The number of hydrogen-bond acceptors (Lipinski definition) is 4. The fourth-order valence-corrected chi connectivity index (χ4v) is 2.12. The highest BCUT2D eigenvalue weighted by molar-refractivity contribution is 9.10. The summed E-state index contributed by atoms with van der Waals surface area (Å²) in [6.07, 6.45) is 2.78. The predicted molar refractivity (Wildman–Crippen MR) is 89.3 cm³/mol. The number of nitro benzene ring substituents is 1. The highest BCUT2D eigenvalue weighted by atomic mass is 79.9. The van der Waals surface area contributed by atoms with Crippen LogP contribution in [0.4, 0.5) is 11.4 Å². The van der Waals surface area contributed by atoms with Gasteiger partial charge in [-0.15, -0.1) is 0 Å². The van der Waals surface area contributed by atoms with Crippen LogP contribution in [0.2, 0.25) is 5.02 Å². The van der Waals surface area contributed by atoms with Crippen LogP contribution in [-0.4, -0.2) is 10.7 Å². The molecular formula is C15H10BrClN2O3. The zero-order chi connectivity index (χ0) is 16.1. The fourth-order valence-electron chi connectivity index (χ4n) is 1.67. The summed E-state index contributed by atoms with van der Waals surface area (Å²) in [4.78, 5) is 22.1. The Morgan fingerprint density at radius 3 is 2.55 bits per heavy atom. The van der Waals surface area contributed by atoms with Crippen LogP contribution >= 0.6 is 27.5 Å². The minimum Gasteiger partial charge on any atom is -0.361 e. The lowest BCUT2D eigenvalue weighted by Crippen LogP contribution is -1.96. The second-order valence-electron chi connectivity index (χ2n) is 4.27. The smallest absolute Gasteiger partial charge is 0.289 e. The van der Waals surface area contributed by atoms with Crippen molar-refractivity contribution in [2.45, 2.75) is 0 Å². The third kappa shape index (κ3) is 4.16. The number of ketones is 1. The number of rotatable bonds is 5. The van der Waals surface area contributed by atoms with Gasteiger partial charge in [-0.05, 0) is 36.4 Å². The van der Waals surface area contributed by atoms with E-state index in [1.165, 1.54) is 24.4 Å². The van der Waals surface area contributed by atoms with Gasteiger partial charge in [-0.3, -0.25) is 14.9 Å². The molecule has 0 aliphatic heterocycles. The van der Waals surface area contributed by atoms with Crippen molar-refractivity contribution in [2.24, 2.45) is 0 Å². The molecule has 2 rings (SSSR count). The normalized spacial score (nSPS) is 10.6. The van der Waals surface area contributed by atoms with E-state index in [1.807, 2.05) is 0 Å². The first-order chi connectivity index (χ1) is 10.5. The Balaban J connectivity index is 2.06. The van der Waals surface area contributed by atoms with Crippen molar-refractivity contribution >= 4 is 44.7 Å². The third-order valence-electron chi connectivity index (χ3n) is 2.76. The van der Waals surface area contributed by atoms with Crippen LogP contribution in [0, 0.1) is 10.1 Å². The molecule has 1 N–H and O–H groups in total. The molecule has 0 saturated carbocycles. The van der Waals surface area contributed by atoms with Gasteiger partial charge in [0.25, 0.3) is 5.69 Å². The van der Waals surface area contributed by atoms with Crippen LogP contribution in [0.25, 0.3) is 0 Å². The van der Waals surface area contributed by atoms with Gasteiger partial charge >= 0.3 is 0 Å². The molecule has 5 nitrogen and oxygen atoms in total. The minimum absolute atomic E-state index is 0.0606. The first kappa shape index (κ1) is 16.2. The molecule has 112 valence electrons. The number of hydrogen-bond donors (Lipinski definition) is 1. The van der Waals surface area contributed by atoms with Gasteiger partial charge in [0.2, 0.25) is 0 Å². The summed E-state index contributed by atoms with van der Waals surface area (Å²) in [7, 11) is 0. The molecule has 7 heteroatoms. The summed E-state index contributed by atoms with van der Waals surface area (Å²) in [6.45, 7) is 0. The Hall–Kier alpha value is -2.18. The quantitative estimate of drug-likeness (QED) is 0.349. The Bertz CT molecular complexity index is 745. The standard InChI is InChI=1S/C15H10BrClN2O3/c16-11-3-1-10(2-4-11)15(20)7-8-18-12-5-6-13(17)14(9-12)19(21)22/h1-9,18H. The van der Waals surface area contributed by atoms with Crippen LogP contribution in [0.3, 0.4) is 0 Å². The summed E-state index contributed by atoms with van der Waals surface area (Å²) in [5.41, 5.74) is 0.818. The zero-order valence-electron chi connectivity index (χ0n) is 11.1. The number of benzene rings is 2. The largest absolute Gasteiger partial charge is 0.361 e. The van der Waals surface area contributed by atoms with Crippen molar-refractivity contribution in [3.05, 3.63) is 79.9 Å². The maximum Gasteiger partial charge on any atom is 0.289 e. The molecule has 0 saturated heterocycles. The maximum absolute atomic E-state index is 11.9. The van der Waals surface area contributed by atoms with Crippen LogP contribution in [-0.2, 0) is 0 Å². The molecule has 0 bridgehead atoms. The number of allylic oxidation sites excluding steroid dienone is 1. The van der Waals surface area contributed by atoms with Gasteiger partial charge in [0.05, 0.1) is 4.92 Å². The topological polar surface area (TPSA) is 72.2 Å². The lowest BCUT2D eigenvalue weighted by Gasteiger charge is -2.02. The van der Waals surface area contributed by atoms with E-state index in [0.29, 0.717) is 11.3 Å². The summed E-state index contributed by atoms with van der Waals surface area (Å²) >= 11 is 9.02. The van der Waals surface area contributed by atoms with Crippen molar-refractivity contribution in [2.75, 3.05) is 5.32 Å². The molecule has 0 aliphatic rings. The van der Waals surface area contributed by atoms with Crippen molar-refractivity contribution in [1.82, 2.24) is 0 Å². The zero-order valence-corrected chi connectivity index (χ0v) is 13.5. The number of nitrogens with one attached hydrogen (secondary N) is 1. The average molecular weight is 382 g/mol. The van der Waals surface area contributed by atoms with E-state index in [9.17, 15) is 14.9 Å². The molecule has 0 amide bonds. The summed E-state index contributed by atoms with van der Waals surface area (Å²) < 4.78 is 0.889. The van der Waals surface area contributed by atoms with Gasteiger partial charge in [0, 0.05) is 34.1 Å². The van der Waals surface area contributed by atoms with Crippen molar-refractivity contribution in [1.29, 1.82) is 0 Å². The monoisotopic (exact) mass is 380 g/mol. The summed E-state index contributed by atoms with van der Waals surface area (Å²) in [5, 5.41) is 13.7. The number of halogens is 2. The summed E-state index contributed by atoms with van der Waals surface area (Å²) in [6, 6.07) is 11.3. The van der Waals surface area contributed by atoms with Gasteiger partial charge in [-0.2, -0.15) is 0 Å². The minimum atomic E-state index is -0.565. The lowest BCUT2D eigenvalue weighted by molar-refractivity contribution is -0.384. The average Bonchev–Trinajstić information content (AvgIpc) is 2.49. The first-order valence-corrected chi connectivity index (χ1v) is 7.31. The Morgan fingerprint density at radius 1 is 1.23 bits per heavy atom. The number of nitro groups is 1. The number of nitrogens with zero attached hydrogens (tertiary/aromatic N) is 1. The fraction of sp³-hybridized carbons (Fsp3) is 0. The Morgan fingerprint density at radius 2 is 1.91 bits per heavy atom. The molecule has 0 spiro atoms. The van der Waals surface area contributed by atoms with Crippen LogP contribution in [0.1, 0.15) is 10.4 Å². The van der Waals surface area contributed by atoms with Crippen LogP contribution in [0.5, 0.6) is 0 Å². The molecule has 22 heavy (non-hydrogen) atoms. The first-order valence-electron chi connectivity index (χ1n) is 6.14. The van der Waals surface area contributed by atoms with Gasteiger partial charge in [-0.1, -0.05) is 27.5 Å². The van der Waals surface area contributed by atoms with Gasteiger partial charge in [-0.25, -0.2) is 0 Å². The SMILES string of the molecule is O=C(C=CNc1ccc(Cl)c([N+](=O)[O-])c1)c1ccc(Br)cc1. The number of carbonyl (C=O) groups is 1. The van der Waals surface area contributed by atoms with E-state index in [1.54, 1.807) is 30.3 Å². The number of anilines is 1. The van der Waals surface area contributed by atoms with E-state index < -0.39 is 4.92 Å². The molecule has 0 heterocycles. The second kappa shape index (κ2) is 7.20. The van der Waals surface area contributed by atoms with E-state index in [0.717, 1.165) is 4.47 Å². The van der Waals surface area contributed by atoms with Crippen molar-refractivity contribution in [3.8, 4) is 0 Å². The highest BCUT2D eigenvalue weighted by Crippen LogP contribution is 2.27. The van der Waals surface area contributed by atoms with E-state index >= 15 is 0 Å². The Kier molecular flexibility index (Phi) is 5.30. The molecule has 0 aromatic heterocycles. The van der Waals surface area contributed by atoms with Gasteiger partial charge in [0.15, 0.2) is 5.78 Å². The molecule has 0 fully saturated rings. The van der Waals surface area contributed by atoms with Gasteiger partial charge < -0.3 is 5.32 Å². The lowest BCUT2D eigenvalue weighted by atomic mass is 10.1. The van der Waals surface area contributed by atoms with Crippen molar-refractivity contribution < 1.29 is 9.72 Å². The van der Waals surface area contributed by atoms with Crippen LogP contribution < -0.4 is 5.32 Å². The second-order valence-corrected chi connectivity index (χ2v) is 5.59. The van der Waals surface area contributed by atoms with Gasteiger partial charge in [0.1, 0.15) is 5.02 Å². The highest BCUT2D eigenvalue weighted by Gasteiger charge is 2.12. The summed E-state index contributed by atoms with van der Waals surface area (Å²) in [5.74, 6) is -0.177. The van der Waals surface area contributed by atoms with E-state index in [-0.39, 0.29) is 16.5 Å². The molecule has 0 radical (unpaired) electrons. The Labute approximate surface area is 139 Å². The molecular weight excluding hydrogens is 372 g/mol. The van der Waals surface area contributed by atoms with E-state index in [4.69, 9.17) is 11.6 Å². The molecule has 2 aromatic carbocycles. The molecule has 0 unspecified atom stereocenters. The molecule has 0 atom stereocenters. The molecule has 2 aromatic rings. The number of carbonyl (C=O) groups excluding carboxylic acids is 1. The van der Waals surface area contributed by atoms with Crippen molar-refractivity contribution in [3.63, 3.8) is 0 Å². The van der Waals surface area contributed by atoms with Crippen LogP contribution in [0.15, 0.2) is 59.2 Å². The van der Waals surface area contributed by atoms with E-state index in [2.05, 4.69) is 21.2 Å². The maximum atomic E-state index is 11.9. The third-order valence-corrected chi connectivity index (χ3v) is 3.60. The predicted octanol–water partition coefficient (Wildman–Crippen LogP) is 4.82. The molecule has 0 aliphatic carbocycles.